The number of hydrogen-bond acceptors (Lipinski definition) is 8. The molecule has 1 aromatic rings. The number of rotatable bonds is 4. The number of halogens is 1. The fraction of sp³-hybridized carbons (Fsp3) is 0.600. The van der Waals surface area contributed by atoms with Gasteiger partial charge in [0.15, 0.2) is 12.0 Å². The van der Waals surface area contributed by atoms with Gasteiger partial charge in [0.25, 0.3) is 0 Å². The van der Waals surface area contributed by atoms with Crippen LogP contribution < -0.4 is 11.2 Å². The van der Waals surface area contributed by atoms with Crippen molar-refractivity contribution in [3.63, 3.8) is 0 Å². The Morgan fingerprint density at radius 2 is 2.20 bits per heavy atom. The third kappa shape index (κ3) is 3.08. The first-order valence-electron chi connectivity index (χ1n) is 5.59. The van der Waals surface area contributed by atoms with Gasteiger partial charge in [-0.05, 0) is 6.07 Å². The van der Waals surface area contributed by atoms with E-state index < -0.39 is 36.8 Å². The first kappa shape index (κ1) is 16.8. The Balaban J connectivity index is 0.00000200. The van der Waals surface area contributed by atoms with Crippen molar-refractivity contribution in [1.82, 2.24) is 9.55 Å². The summed E-state index contributed by atoms with van der Waals surface area (Å²) in [5.74, 6) is 0.204. The number of aromatic nitrogens is 2. The van der Waals surface area contributed by atoms with Gasteiger partial charge < -0.3 is 20.1 Å². The minimum Gasteiger partial charge on any atom is -0.394 e. The van der Waals surface area contributed by atoms with Crippen LogP contribution >= 0.6 is 12.4 Å². The molecule has 1 fully saturated rings. The second-order valence-corrected chi connectivity index (χ2v) is 4.04. The molecule has 1 aromatic heterocycles. The van der Waals surface area contributed by atoms with E-state index in [2.05, 4.69) is 15.3 Å². The largest absolute Gasteiger partial charge is 0.394 e. The Bertz CT molecular complexity index is 498. The number of anilines is 1. The standard InChI is InChI=1S/C10H15N3O6.ClH/c1-18-12-6-2-3-13(10(17)11-6)9-8(16)7(15)5(4-14)19-9;/h2-3,5,7-9,14-16H,4H2,1H3,(H,11,12,17);1H. The van der Waals surface area contributed by atoms with Crippen LogP contribution in [0.4, 0.5) is 5.82 Å². The molecule has 0 bridgehead atoms. The molecule has 0 radical (unpaired) electrons. The zero-order valence-corrected chi connectivity index (χ0v) is 11.4. The molecule has 1 saturated heterocycles. The number of nitrogens with one attached hydrogen (secondary N) is 1. The highest BCUT2D eigenvalue weighted by molar-refractivity contribution is 5.85. The van der Waals surface area contributed by atoms with Crippen LogP contribution in [0.1, 0.15) is 6.23 Å². The summed E-state index contributed by atoms with van der Waals surface area (Å²) in [6.45, 7) is -0.458. The predicted molar refractivity (Wildman–Crippen MR) is 69.4 cm³/mol. The Morgan fingerprint density at radius 3 is 2.70 bits per heavy atom. The second-order valence-electron chi connectivity index (χ2n) is 4.04. The zero-order chi connectivity index (χ0) is 14.0. The van der Waals surface area contributed by atoms with Gasteiger partial charge in [-0.2, -0.15) is 4.98 Å². The first-order chi connectivity index (χ1) is 9.08. The van der Waals surface area contributed by atoms with Crippen molar-refractivity contribution >= 4 is 18.2 Å². The van der Waals surface area contributed by atoms with Gasteiger partial charge in [0.05, 0.1) is 13.7 Å². The molecule has 4 N–H and O–H groups in total. The number of hydrogen-bond donors (Lipinski definition) is 4. The second kappa shape index (κ2) is 6.97. The molecule has 4 atom stereocenters. The fourth-order valence-electron chi connectivity index (χ4n) is 1.88. The molecule has 10 heteroatoms. The normalized spacial score (nSPS) is 29.0. The highest BCUT2D eigenvalue weighted by atomic mass is 35.5. The quantitative estimate of drug-likeness (QED) is 0.482. The van der Waals surface area contributed by atoms with Crippen molar-refractivity contribution in [2.24, 2.45) is 0 Å². The van der Waals surface area contributed by atoms with Gasteiger partial charge >= 0.3 is 5.69 Å². The van der Waals surface area contributed by atoms with Gasteiger partial charge in [-0.3, -0.25) is 9.40 Å². The van der Waals surface area contributed by atoms with Crippen LogP contribution in [0, 0.1) is 0 Å². The minimum absolute atomic E-state index is 0. The van der Waals surface area contributed by atoms with Crippen molar-refractivity contribution in [3.05, 3.63) is 22.7 Å². The van der Waals surface area contributed by atoms with Crippen molar-refractivity contribution in [2.75, 3.05) is 19.2 Å². The van der Waals surface area contributed by atoms with Crippen LogP contribution in [-0.4, -0.2) is 56.9 Å². The van der Waals surface area contributed by atoms with Gasteiger partial charge in [-0.25, -0.2) is 10.3 Å². The van der Waals surface area contributed by atoms with Gasteiger partial charge in [0.2, 0.25) is 0 Å². The van der Waals surface area contributed by atoms with E-state index in [-0.39, 0.29) is 18.2 Å². The summed E-state index contributed by atoms with van der Waals surface area (Å²) in [7, 11) is 1.37. The lowest BCUT2D eigenvalue weighted by Gasteiger charge is -2.17. The molecule has 114 valence electrons. The highest BCUT2D eigenvalue weighted by Crippen LogP contribution is 2.27. The summed E-state index contributed by atoms with van der Waals surface area (Å²) in [5.41, 5.74) is 1.71. The topological polar surface area (TPSA) is 126 Å². The van der Waals surface area contributed by atoms with Gasteiger partial charge in [-0.1, -0.05) is 0 Å². The van der Waals surface area contributed by atoms with Crippen LogP contribution in [0.15, 0.2) is 17.1 Å². The maximum absolute atomic E-state index is 11.8. The van der Waals surface area contributed by atoms with E-state index in [0.717, 1.165) is 4.57 Å². The summed E-state index contributed by atoms with van der Waals surface area (Å²) in [5, 5.41) is 28.4. The van der Waals surface area contributed by atoms with Crippen LogP contribution in [0.2, 0.25) is 0 Å². The van der Waals surface area contributed by atoms with Crippen LogP contribution in [0.3, 0.4) is 0 Å². The summed E-state index contributed by atoms with van der Waals surface area (Å²) in [6, 6.07) is 1.44. The molecule has 1 aliphatic rings. The highest BCUT2D eigenvalue weighted by Gasteiger charge is 2.43. The molecule has 0 aromatic carbocycles. The molecular formula is C10H16ClN3O6. The summed E-state index contributed by atoms with van der Waals surface area (Å²) in [4.78, 5) is 20.0. The van der Waals surface area contributed by atoms with Gasteiger partial charge in [-0.15, -0.1) is 12.4 Å². The Labute approximate surface area is 120 Å². The molecule has 4 unspecified atom stereocenters. The molecule has 2 rings (SSSR count). The van der Waals surface area contributed by atoms with Crippen LogP contribution in [-0.2, 0) is 9.57 Å². The van der Waals surface area contributed by atoms with E-state index in [9.17, 15) is 15.0 Å². The lowest BCUT2D eigenvalue weighted by atomic mass is 10.1. The van der Waals surface area contributed by atoms with Gasteiger partial charge in [0.1, 0.15) is 18.3 Å². The van der Waals surface area contributed by atoms with E-state index in [4.69, 9.17) is 9.84 Å². The molecule has 0 aliphatic carbocycles. The predicted octanol–water partition coefficient (Wildman–Crippen LogP) is -1.75. The lowest BCUT2D eigenvalue weighted by Crippen LogP contribution is -2.36. The molecule has 9 nitrogen and oxygen atoms in total. The number of aliphatic hydroxyl groups excluding tert-OH is 3. The van der Waals surface area contributed by atoms with Crippen LogP contribution in [0.5, 0.6) is 0 Å². The maximum Gasteiger partial charge on any atom is 0.351 e. The third-order valence-electron chi connectivity index (χ3n) is 2.83. The maximum atomic E-state index is 11.8. The third-order valence-corrected chi connectivity index (χ3v) is 2.83. The number of ether oxygens (including phenoxy) is 1. The van der Waals surface area contributed by atoms with Crippen molar-refractivity contribution in [3.8, 4) is 0 Å². The molecular weight excluding hydrogens is 294 g/mol. The fourth-order valence-corrected chi connectivity index (χ4v) is 1.88. The summed E-state index contributed by atoms with van der Waals surface area (Å²) < 4.78 is 6.26. The smallest absolute Gasteiger partial charge is 0.351 e. The minimum atomic E-state index is -1.32. The summed E-state index contributed by atoms with van der Waals surface area (Å²) >= 11 is 0. The zero-order valence-electron chi connectivity index (χ0n) is 10.5. The molecule has 20 heavy (non-hydrogen) atoms. The summed E-state index contributed by atoms with van der Waals surface area (Å²) in [6.07, 6.45) is -3.28. The Hall–Kier alpha value is -1.23. The number of aliphatic hydroxyl groups is 3. The molecule has 2 heterocycles. The Morgan fingerprint density at radius 1 is 1.50 bits per heavy atom. The van der Waals surface area contributed by atoms with Crippen molar-refractivity contribution < 1.29 is 24.9 Å². The van der Waals surface area contributed by atoms with E-state index in [0.29, 0.717) is 0 Å². The first-order valence-corrected chi connectivity index (χ1v) is 5.59. The van der Waals surface area contributed by atoms with E-state index in [1.165, 1.54) is 19.4 Å². The van der Waals surface area contributed by atoms with Gasteiger partial charge in [0, 0.05) is 6.20 Å². The van der Waals surface area contributed by atoms with E-state index >= 15 is 0 Å². The average molecular weight is 310 g/mol. The molecule has 0 amide bonds. The Kier molecular flexibility index (Phi) is 5.87. The van der Waals surface area contributed by atoms with E-state index in [1.807, 2.05) is 0 Å². The monoisotopic (exact) mass is 309 g/mol. The molecule has 0 saturated carbocycles. The van der Waals surface area contributed by atoms with Crippen molar-refractivity contribution in [1.29, 1.82) is 0 Å². The average Bonchev–Trinajstić information content (AvgIpc) is 2.67. The molecule has 0 spiro atoms. The lowest BCUT2D eigenvalue weighted by molar-refractivity contribution is -0.0549. The number of nitrogens with zero attached hydrogens (tertiary/aromatic N) is 2. The molecule has 1 aliphatic heterocycles. The van der Waals surface area contributed by atoms with Crippen molar-refractivity contribution in [2.45, 2.75) is 24.5 Å². The SMILES string of the molecule is CONc1ccn(C2OC(CO)C(O)C2O)c(=O)n1.Cl. The van der Waals surface area contributed by atoms with E-state index in [1.54, 1.807) is 0 Å². The van der Waals surface area contributed by atoms with Crippen LogP contribution in [0.25, 0.3) is 0 Å².